The van der Waals surface area contributed by atoms with Gasteiger partial charge in [0, 0.05) is 49.8 Å². The van der Waals surface area contributed by atoms with E-state index in [1.807, 2.05) is 46.7 Å². The third kappa shape index (κ3) is 3.98. The number of nitrogens with zero attached hydrogens (tertiary/aromatic N) is 3. The Morgan fingerprint density at radius 3 is 2.81 bits per heavy atom. The summed E-state index contributed by atoms with van der Waals surface area (Å²) in [4.78, 5) is 35.0. The van der Waals surface area contributed by atoms with Crippen LogP contribution in [0.3, 0.4) is 0 Å². The Morgan fingerprint density at radius 2 is 2.00 bits per heavy atom. The van der Waals surface area contributed by atoms with E-state index >= 15 is 0 Å². The minimum Gasteiger partial charge on any atom is -0.350 e. The highest BCUT2D eigenvalue weighted by Gasteiger charge is 2.39. The van der Waals surface area contributed by atoms with Gasteiger partial charge in [-0.2, -0.15) is 0 Å². The molecule has 3 aromatic rings. The molecule has 158 valence electrons. The van der Waals surface area contributed by atoms with Crippen LogP contribution in [0.15, 0.2) is 66.3 Å². The third-order valence-electron chi connectivity index (χ3n) is 6.20. The molecule has 2 atom stereocenters. The van der Waals surface area contributed by atoms with Crippen LogP contribution in [0.4, 0.5) is 5.69 Å². The maximum absolute atomic E-state index is 13.3. The number of benzene rings is 1. The number of fused-ring (bicyclic) bond motifs is 2. The van der Waals surface area contributed by atoms with Gasteiger partial charge in [0.15, 0.2) is 0 Å². The first-order valence-corrected chi connectivity index (χ1v) is 11.5. The van der Waals surface area contributed by atoms with E-state index < -0.39 is 0 Å². The smallest absolute Gasteiger partial charge is 0.261 e. The number of anilines is 1. The van der Waals surface area contributed by atoms with Crippen molar-refractivity contribution in [1.29, 1.82) is 0 Å². The number of amides is 2. The SMILES string of the molecule is O=C(NC[C@H]1CC[C@@H]2CN(C(=O)c3cccnc3)c3ccccc3CN12)c1cccs1. The highest BCUT2D eigenvalue weighted by molar-refractivity contribution is 7.12. The summed E-state index contributed by atoms with van der Waals surface area (Å²) < 4.78 is 0. The van der Waals surface area contributed by atoms with E-state index in [2.05, 4.69) is 21.3 Å². The molecule has 31 heavy (non-hydrogen) atoms. The predicted octanol–water partition coefficient (Wildman–Crippen LogP) is 3.57. The summed E-state index contributed by atoms with van der Waals surface area (Å²) in [6.07, 6.45) is 5.32. The van der Waals surface area contributed by atoms with E-state index in [0.29, 0.717) is 18.7 Å². The molecule has 0 bridgehead atoms. The number of rotatable bonds is 4. The molecule has 1 N–H and O–H groups in total. The molecule has 1 fully saturated rings. The second-order valence-electron chi connectivity index (χ2n) is 8.03. The molecule has 4 heterocycles. The van der Waals surface area contributed by atoms with Crippen molar-refractivity contribution in [2.75, 3.05) is 18.0 Å². The zero-order valence-corrected chi connectivity index (χ0v) is 17.9. The Labute approximate surface area is 185 Å². The lowest BCUT2D eigenvalue weighted by Crippen LogP contribution is -2.45. The van der Waals surface area contributed by atoms with Crippen LogP contribution < -0.4 is 10.2 Å². The molecule has 0 saturated carbocycles. The molecule has 5 rings (SSSR count). The average molecular weight is 433 g/mol. The first-order chi connectivity index (χ1) is 15.2. The normalized spacial score (nSPS) is 20.6. The summed E-state index contributed by atoms with van der Waals surface area (Å²) in [7, 11) is 0. The van der Waals surface area contributed by atoms with Gasteiger partial charge in [-0.25, -0.2) is 0 Å². The maximum Gasteiger partial charge on any atom is 0.261 e. The fourth-order valence-corrected chi connectivity index (χ4v) is 5.28. The monoisotopic (exact) mass is 432 g/mol. The van der Waals surface area contributed by atoms with E-state index in [0.717, 1.165) is 35.5 Å². The molecule has 2 aliphatic rings. The first kappa shape index (κ1) is 19.9. The highest BCUT2D eigenvalue weighted by atomic mass is 32.1. The van der Waals surface area contributed by atoms with Crippen molar-refractivity contribution in [2.45, 2.75) is 31.5 Å². The summed E-state index contributed by atoms with van der Waals surface area (Å²) >= 11 is 1.46. The van der Waals surface area contributed by atoms with E-state index in [1.165, 1.54) is 11.3 Å². The van der Waals surface area contributed by atoms with Gasteiger partial charge >= 0.3 is 0 Å². The van der Waals surface area contributed by atoms with Crippen molar-refractivity contribution in [3.8, 4) is 0 Å². The fraction of sp³-hybridized carbons (Fsp3) is 0.292. The first-order valence-electron chi connectivity index (χ1n) is 10.6. The largest absolute Gasteiger partial charge is 0.350 e. The zero-order valence-electron chi connectivity index (χ0n) is 17.1. The Kier molecular flexibility index (Phi) is 5.53. The summed E-state index contributed by atoms with van der Waals surface area (Å²) in [6, 6.07) is 16.0. The van der Waals surface area contributed by atoms with E-state index in [9.17, 15) is 9.59 Å². The number of carbonyl (C=O) groups is 2. The van der Waals surface area contributed by atoms with Gasteiger partial charge in [0.05, 0.1) is 10.4 Å². The molecular formula is C24H24N4O2S. The molecule has 1 saturated heterocycles. The number of hydrogen-bond donors (Lipinski definition) is 1. The van der Waals surface area contributed by atoms with Gasteiger partial charge in [-0.05, 0) is 48.1 Å². The molecule has 1 aromatic carbocycles. The van der Waals surface area contributed by atoms with Gasteiger partial charge < -0.3 is 10.2 Å². The van der Waals surface area contributed by atoms with Gasteiger partial charge in [0.2, 0.25) is 0 Å². The lowest BCUT2D eigenvalue weighted by molar-refractivity contribution is 0.0938. The van der Waals surface area contributed by atoms with E-state index in [-0.39, 0.29) is 23.9 Å². The lowest BCUT2D eigenvalue weighted by Gasteiger charge is -2.29. The van der Waals surface area contributed by atoms with E-state index in [4.69, 9.17) is 0 Å². The number of pyridine rings is 1. The highest BCUT2D eigenvalue weighted by Crippen LogP contribution is 2.35. The van der Waals surface area contributed by atoms with Crippen molar-refractivity contribution < 1.29 is 9.59 Å². The fourth-order valence-electron chi connectivity index (χ4n) is 4.64. The van der Waals surface area contributed by atoms with Crippen molar-refractivity contribution >= 4 is 28.8 Å². The molecular weight excluding hydrogens is 408 g/mol. The number of thiophene rings is 1. The number of nitrogens with one attached hydrogen (secondary N) is 1. The van der Waals surface area contributed by atoms with Crippen LogP contribution in [0.25, 0.3) is 0 Å². The number of aromatic nitrogens is 1. The zero-order chi connectivity index (χ0) is 21.2. The van der Waals surface area contributed by atoms with Crippen LogP contribution in [-0.4, -0.2) is 46.9 Å². The Balaban J connectivity index is 1.37. The Bertz CT molecular complexity index is 1070. The molecule has 6 nitrogen and oxygen atoms in total. The van der Waals surface area contributed by atoms with Crippen LogP contribution in [0.2, 0.25) is 0 Å². The van der Waals surface area contributed by atoms with Crippen LogP contribution in [0.1, 0.15) is 38.4 Å². The average Bonchev–Trinajstić information content (AvgIpc) is 3.44. The molecule has 0 radical (unpaired) electrons. The topological polar surface area (TPSA) is 65.5 Å². The van der Waals surface area contributed by atoms with Gasteiger partial charge in [-0.3, -0.25) is 19.5 Å². The minimum absolute atomic E-state index is 0.0120. The number of para-hydroxylation sites is 1. The van der Waals surface area contributed by atoms with Crippen molar-refractivity contribution in [3.63, 3.8) is 0 Å². The van der Waals surface area contributed by atoms with Crippen molar-refractivity contribution in [2.24, 2.45) is 0 Å². The van der Waals surface area contributed by atoms with Crippen LogP contribution in [0.5, 0.6) is 0 Å². The Morgan fingerprint density at radius 1 is 1.10 bits per heavy atom. The quantitative estimate of drug-likeness (QED) is 0.685. The molecule has 2 amide bonds. The molecule has 2 aromatic heterocycles. The molecule has 2 aliphatic heterocycles. The lowest BCUT2D eigenvalue weighted by atomic mass is 10.1. The van der Waals surface area contributed by atoms with Gasteiger partial charge in [-0.15, -0.1) is 11.3 Å². The third-order valence-corrected chi connectivity index (χ3v) is 7.07. The second-order valence-corrected chi connectivity index (χ2v) is 8.98. The summed E-state index contributed by atoms with van der Waals surface area (Å²) in [5.41, 5.74) is 2.70. The summed E-state index contributed by atoms with van der Waals surface area (Å²) in [6.45, 7) is 2.03. The molecule has 0 aliphatic carbocycles. The van der Waals surface area contributed by atoms with Gasteiger partial charge in [0.25, 0.3) is 11.8 Å². The number of hydrogen-bond acceptors (Lipinski definition) is 5. The van der Waals surface area contributed by atoms with Crippen LogP contribution in [-0.2, 0) is 6.54 Å². The van der Waals surface area contributed by atoms with Crippen LogP contribution >= 0.6 is 11.3 Å². The standard InChI is InChI=1S/C24H24N4O2S/c29-23(22-8-4-12-31-22)26-14-19-9-10-20-16-28(24(30)17-6-3-11-25-13-17)21-7-2-1-5-18(21)15-27(19)20/h1-8,11-13,19-20H,9-10,14-16H2,(H,26,29)/t19-,20-/m1/s1. The molecule has 0 unspecified atom stereocenters. The maximum atomic E-state index is 13.3. The van der Waals surface area contributed by atoms with Crippen molar-refractivity contribution in [3.05, 3.63) is 82.3 Å². The predicted molar refractivity (Wildman–Crippen MR) is 121 cm³/mol. The molecule has 0 spiro atoms. The van der Waals surface area contributed by atoms with Gasteiger partial charge in [-0.1, -0.05) is 24.3 Å². The van der Waals surface area contributed by atoms with Crippen molar-refractivity contribution in [1.82, 2.24) is 15.2 Å². The summed E-state index contributed by atoms with van der Waals surface area (Å²) in [5.74, 6) is -0.0288. The number of carbonyl (C=O) groups excluding carboxylic acids is 2. The van der Waals surface area contributed by atoms with E-state index in [1.54, 1.807) is 18.5 Å². The Hall–Kier alpha value is -3.03. The van der Waals surface area contributed by atoms with Gasteiger partial charge in [0.1, 0.15) is 0 Å². The second kappa shape index (κ2) is 8.61. The minimum atomic E-state index is -0.0168. The molecule has 7 heteroatoms. The summed E-state index contributed by atoms with van der Waals surface area (Å²) in [5, 5.41) is 5.02. The van der Waals surface area contributed by atoms with Crippen LogP contribution in [0, 0.1) is 0 Å².